The maximum atomic E-state index is 12.8. The van der Waals surface area contributed by atoms with Gasteiger partial charge in [0.1, 0.15) is 5.75 Å². The van der Waals surface area contributed by atoms with Gasteiger partial charge in [0.2, 0.25) is 0 Å². The first-order valence-electron chi connectivity index (χ1n) is 40.5. The van der Waals surface area contributed by atoms with Gasteiger partial charge in [-0.15, -0.1) is 0 Å². The number of nitrogens with one attached hydrogen (secondary N) is 4. The molecule has 104 heavy (non-hydrogen) atoms. The molecule has 3 unspecified atom stereocenters. The van der Waals surface area contributed by atoms with Gasteiger partial charge in [-0.25, -0.2) is 4.79 Å². The zero-order valence-electron chi connectivity index (χ0n) is 65.6. The molecular weight excluding hydrogens is 1320 g/mol. The highest BCUT2D eigenvalue weighted by Gasteiger charge is 2.33. The molecule has 14 heteroatoms. The van der Waals surface area contributed by atoms with Crippen LogP contribution in [0, 0.1) is 0 Å². The van der Waals surface area contributed by atoms with Gasteiger partial charge in [0.25, 0.3) is 0 Å². The van der Waals surface area contributed by atoms with Gasteiger partial charge >= 0.3 is 6.03 Å². The second kappa shape index (κ2) is 40.2. The number of hydrogen-bond acceptors (Lipinski definition) is 10. The second-order valence-electron chi connectivity index (χ2n) is 34.0. The molecule has 0 radical (unpaired) electrons. The van der Waals surface area contributed by atoms with E-state index in [1.165, 1.54) is 180 Å². The molecule has 6 aromatic rings. The van der Waals surface area contributed by atoms with Crippen LogP contribution in [0.1, 0.15) is 226 Å². The van der Waals surface area contributed by atoms with Crippen molar-refractivity contribution < 1.29 is 13.8 Å². The molecule has 0 aromatic heterocycles. The van der Waals surface area contributed by atoms with Crippen molar-refractivity contribution in [1.82, 2.24) is 45.3 Å². The van der Waals surface area contributed by atoms with Gasteiger partial charge in [-0.1, -0.05) is 246 Å². The molecule has 3 saturated carbocycles. The molecule has 3 aliphatic heterocycles. The van der Waals surface area contributed by atoms with E-state index >= 15 is 0 Å². The third-order valence-corrected chi connectivity index (χ3v) is 24.0. The number of urea groups is 1. The lowest BCUT2D eigenvalue weighted by Gasteiger charge is -2.43. The number of carbonyl (C=O) groups excluding carboxylic acids is 1. The zero-order valence-corrected chi connectivity index (χ0v) is 67.1. The molecule has 0 bridgehead atoms. The number of anilines is 1. The standard InChI is InChI=1S/C34H53N3.C30H44N4O2.C26H35Cl2N3.3H2/c1-33(2,3)29-16-12-27(13-17-29)20-21-35-26-32(28-14-18-30(19-15-28)34(4,5)6)37-24-22-36(23-25-37)31-10-8-7-9-11-31;1-30(2,3)24-12-14-25(15-13-24)32-29(35)31-22-28(23-10-16-27(36-4)17-11-23)34-20-18-33(19-21-34)26-8-6-5-7-9-26;27-23-17-21(18-24(28)19-23)11-12-29-20-26(22-7-3-1-4-8-22)31-15-13-30(14-16-31)25-9-5-2-6-10-25;;;/h12-19,31-32,35H,7-11,20-26H2,1-6H3;10-17,26,28H,5-9,18-22H2,1-4H3,(H2,31,32,35);1,3-4,7-8,17-19,25-26,29H,2,5-6,9-16,20H2;3*1H. The summed E-state index contributed by atoms with van der Waals surface area (Å²) in [5.74, 6) is 0.851. The van der Waals surface area contributed by atoms with Crippen molar-refractivity contribution in [3.8, 4) is 5.75 Å². The van der Waals surface area contributed by atoms with Crippen LogP contribution in [0.25, 0.3) is 0 Å². The van der Waals surface area contributed by atoms with E-state index < -0.39 is 0 Å². The quantitative estimate of drug-likeness (QED) is 0.0465. The number of halogens is 2. The maximum absolute atomic E-state index is 12.8. The Morgan fingerprint density at radius 3 is 1.15 bits per heavy atom. The Labute approximate surface area is 643 Å². The second-order valence-corrected chi connectivity index (χ2v) is 34.9. The van der Waals surface area contributed by atoms with Crippen molar-refractivity contribution in [3.05, 3.63) is 200 Å². The Morgan fingerprint density at radius 2 is 0.769 bits per heavy atom. The summed E-state index contributed by atoms with van der Waals surface area (Å²) in [6.07, 6.45) is 23.0. The number of piperazine rings is 3. The molecule has 3 aliphatic carbocycles. The van der Waals surface area contributed by atoms with E-state index in [2.05, 4.69) is 216 Å². The minimum absolute atomic E-state index is 0. The molecule has 3 saturated heterocycles. The molecule has 6 fully saturated rings. The molecule has 12 nitrogen and oxygen atoms in total. The molecule has 6 aromatic carbocycles. The van der Waals surface area contributed by atoms with E-state index in [-0.39, 0.29) is 32.6 Å². The van der Waals surface area contributed by atoms with Crippen LogP contribution in [0.15, 0.2) is 146 Å². The van der Waals surface area contributed by atoms with E-state index in [1.807, 2.05) is 36.4 Å². The average Bonchev–Trinajstić information content (AvgIpc) is 0.815. The predicted octanol–water partition coefficient (Wildman–Crippen LogP) is 19.5. The van der Waals surface area contributed by atoms with Crippen molar-refractivity contribution in [3.63, 3.8) is 0 Å². The molecule has 3 heterocycles. The molecule has 6 aliphatic rings. The van der Waals surface area contributed by atoms with Crippen molar-refractivity contribution in [1.29, 1.82) is 0 Å². The summed E-state index contributed by atoms with van der Waals surface area (Å²) in [7, 11) is 1.69. The molecule has 4 N–H and O–H groups in total. The molecular formula is C90H138Cl2N10O2. The van der Waals surface area contributed by atoms with Crippen LogP contribution in [-0.4, -0.2) is 172 Å². The minimum atomic E-state index is -0.169. The first kappa shape index (κ1) is 81.2. The Balaban J connectivity index is 0.000000221. The number of hydrogen-bond donors (Lipinski definition) is 4. The van der Waals surface area contributed by atoms with Gasteiger partial charge in [0.15, 0.2) is 0 Å². The summed E-state index contributed by atoms with van der Waals surface area (Å²) >= 11 is 12.3. The van der Waals surface area contributed by atoms with E-state index in [4.69, 9.17) is 27.9 Å². The normalized spacial score (nSPS) is 19.6. The number of ether oxygens (including phenoxy) is 1. The van der Waals surface area contributed by atoms with Crippen LogP contribution < -0.4 is 26.0 Å². The highest BCUT2D eigenvalue weighted by atomic mass is 35.5. The van der Waals surface area contributed by atoms with Gasteiger partial charge in [0, 0.05) is 148 Å². The highest BCUT2D eigenvalue weighted by Crippen LogP contribution is 2.34. The van der Waals surface area contributed by atoms with E-state index in [1.54, 1.807) is 13.2 Å². The Bertz CT molecular complexity index is 3420. The lowest BCUT2D eigenvalue weighted by molar-refractivity contribution is 0.0559. The number of rotatable bonds is 23. The number of benzene rings is 6. The fourth-order valence-electron chi connectivity index (χ4n) is 16.9. The summed E-state index contributed by atoms with van der Waals surface area (Å²) < 4.78 is 5.37. The maximum Gasteiger partial charge on any atom is 0.319 e. The van der Waals surface area contributed by atoms with E-state index in [0.717, 1.165) is 108 Å². The summed E-state index contributed by atoms with van der Waals surface area (Å²) in [5, 5.41) is 15.1. The number of methoxy groups -OCH3 is 1. The average molecular weight is 1460 g/mol. The van der Waals surface area contributed by atoms with Crippen LogP contribution in [-0.2, 0) is 29.1 Å². The largest absolute Gasteiger partial charge is 0.497 e. The topological polar surface area (TPSA) is 93.9 Å². The molecule has 2 amide bonds. The van der Waals surface area contributed by atoms with Gasteiger partial charge < -0.3 is 26.0 Å². The monoisotopic (exact) mass is 1460 g/mol. The van der Waals surface area contributed by atoms with Crippen molar-refractivity contribution in [2.45, 2.75) is 224 Å². The predicted molar refractivity (Wildman–Crippen MR) is 446 cm³/mol. The van der Waals surface area contributed by atoms with E-state index in [0.29, 0.717) is 28.7 Å². The van der Waals surface area contributed by atoms with Crippen LogP contribution in [0.5, 0.6) is 5.75 Å². The lowest BCUT2D eigenvalue weighted by atomic mass is 9.86. The Hall–Kier alpha value is -5.35. The van der Waals surface area contributed by atoms with Crippen LogP contribution >= 0.6 is 23.2 Å². The van der Waals surface area contributed by atoms with Crippen LogP contribution in [0.4, 0.5) is 10.5 Å². The first-order valence-corrected chi connectivity index (χ1v) is 41.2. The Morgan fingerprint density at radius 1 is 0.423 bits per heavy atom. The first-order chi connectivity index (χ1) is 50.1. The third-order valence-electron chi connectivity index (χ3n) is 23.6. The number of amides is 2. The summed E-state index contributed by atoms with van der Waals surface area (Å²) in [6, 6.07) is 55.2. The van der Waals surface area contributed by atoms with Crippen molar-refractivity contribution in [2.75, 3.05) is 124 Å². The van der Waals surface area contributed by atoms with E-state index in [9.17, 15) is 4.79 Å². The molecule has 12 rings (SSSR count). The molecule has 574 valence electrons. The molecule has 3 atom stereocenters. The molecule has 0 spiro atoms. The van der Waals surface area contributed by atoms with Crippen LogP contribution in [0.3, 0.4) is 0 Å². The lowest BCUT2D eigenvalue weighted by Crippen LogP contribution is -2.53. The van der Waals surface area contributed by atoms with Gasteiger partial charge in [-0.05, 0) is 168 Å². The highest BCUT2D eigenvalue weighted by molar-refractivity contribution is 6.34. The number of carbonyl (C=O) groups is 1. The van der Waals surface area contributed by atoms with Gasteiger partial charge in [0.05, 0.1) is 13.2 Å². The summed E-state index contributed by atoms with van der Waals surface area (Å²) in [4.78, 5) is 29.0. The van der Waals surface area contributed by atoms with Gasteiger partial charge in [-0.3, -0.25) is 29.4 Å². The fraction of sp³-hybridized carbons (Fsp3) is 0.589. The smallest absolute Gasteiger partial charge is 0.319 e. The van der Waals surface area contributed by atoms with Crippen molar-refractivity contribution >= 4 is 34.9 Å². The summed E-state index contributed by atoms with van der Waals surface area (Å²) in [5.41, 5.74) is 12.1. The van der Waals surface area contributed by atoms with Crippen LogP contribution in [0.2, 0.25) is 10.0 Å². The van der Waals surface area contributed by atoms with Gasteiger partial charge in [-0.2, -0.15) is 0 Å². The minimum Gasteiger partial charge on any atom is -0.497 e. The third kappa shape index (κ3) is 25.1. The zero-order chi connectivity index (χ0) is 73.5. The Kier molecular flexibility index (Phi) is 31.4. The fourth-order valence-corrected chi connectivity index (χ4v) is 17.5. The number of nitrogens with zero attached hydrogens (tertiary/aromatic N) is 6. The summed E-state index contributed by atoms with van der Waals surface area (Å²) in [6.45, 7) is 38.6. The SMILES string of the molecule is CC(C)(C)c1ccc(CCNCC(c2ccc(C(C)(C)C)cc2)N2CCN(C3CCCCC3)CC2)cc1.COc1ccc(C(CNC(=O)Nc2ccc(C(C)(C)C)cc2)N2CCN(C3CCCCC3)CC2)cc1.Clc1cc(Cl)cc(CCNCC(c2ccccc2)N2CCN(C3CCCCC3)CC2)c1.[HH].[HH].[HH]. The van der Waals surface area contributed by atoms with Crippen molar-refractivity contribution in [2.24, 2.45) is 0 Å².